The average molecular weight is 220 g/mol. The van der Waals surface area contributed by atoms with Gasteiger partial charge in [-0.1, -0.05) is 58.9 Å². The Kier molecular flexibility index (Phi) is 3.80. The van der Waals surface area contributed by atoms with E-state index in [1.165, 1.54) is 11.1 Å². The molecule has 0 unspecified atom stereocenters. The fourth-order valence-corrected chi connectivity index (χ4v) is 1.73. The van der Waals surface area contributed by atoms with Gasteiger partial charge in [-0.2, -0.15) is 0 Å². The summed E-state index contributed by atoms with van der Waals surface area (Å²) in [5.74, 6) is 0. The topological polar surface area (TPSA) is 20.2 Å². The van der Waals surface area contributed by atoms with Crippen LogP contribution in [-0.4, -0.2) is 11.7 Å². The Morgan fingerprint density at radius 3 is 1.81 bits per heavy atom. The molecule has 0 spiro atoms. The second-order valence-corrected chi connectivity index (χ2v) is 6.45. The maximum Gasteiger partial charge on any atom is 0.0485 e. The van der Waals surface area contributed by atoms with Crippen LogP contribution in [0.1, 0.15) is 45.7 Å². The van der Waals surface area contributed by atoms with Gasteiger partial charge in [-0.05, 0) is 28.4 Å². The predicted molar refractivity (Wildman–Crippen MR) is 69.7 cm³/mol. The molecule has 0 bridgehead atoms. The van der Waals surface area contributed by atoms with E-state index in [9.17, 15) is 5.11 Å². The fraction of sp³-hybridized carbons (Fsp3) is 0.600. The molecule has 0 aliphatic carbocycles. The number of aliphatic hydroxyl groups excluding tert-OH is 1. The summed E-state index contributed by atoms with van der Waals surface area (Å²) in [6, 6.07) is 8.75. The standard InChI is InChI=1S/C15H24O/c1-14(2,3)13-8-6-12(7-9-13)10-15(4,5)11-16/h6-9,16H,10-11H2,1-5H3. The van der Waals surface area contributed by atoms with E-state index in [1.807, 2.05) is 0 Å². The molecule has 1 N–H and O–H groups in total. The molecule has 0 aliphatic heterocycles. The van der Waals surface area contributed by atoms with Crippen molar-refractivity contribution in [2.45, 2.75) is 46.5 Å². The molecular formula is C15H24O. The van der Waals surface area contributed by atoms with E-state index in [1.54, 1.807) is 0 Å². The van der Waals surface area contributed by atoms with Crippen LogP contribution >= 0.6 is 0 Å². The van der Waals surface area contributed by atoms with Gasteiger partial charge in [-0.25, -0.2) is 0 Å². The number of aliphatic hydroxyl groups is 1. The van der Waals surface area contributed by atoms with Gasteiger partial charge in [0.15, 0.2) is 0 Å². The Labute approximate surface area is 99.5 Å². The van der Waals surface area contributed by atoms with Crippen LogP contribution in [0, 0.1) is 5.41 Å². The molecule has 0 aliphatic rings. The summed E-state index contributed by atoms with van der Waals surface area (Å²) in [4.78, 5) is 0. The summed E-state index contributed by atoms with van der Waals surface area (Å²) in [6.45, 7) is 11.1. The van der Waals surface area contributed by atoms with Crippen molar-refractivity contribution in [2.24, 2.45) is 5.41 Å². The zero-order valence-corrected chi connectivity index (χ0v) is 11.2. The highest BCUT2D eigenvalue weighted by Crippen LogP contribution is 2.25. The molecule has 1 rings (SSSR count). The molecule has 1 aromatic rings. The monoisotopic (exact) mass is 220 g/mol. The van der Waals surface area contributed by atoms with E-state index >= 15 is 0 Å². The van der Waals surface area contributed by atoms with Crippen molar-refractivity contribution in [1.29, 1.82) is 0 Å². The Morgan fingerprint density at radius 1 is 0.938 bits per heavy atom. The number of benzene rings is 1. The first kappa shape index (κ1) is 13.2. The minimum atomic E-state index is -0.0246. The zero-order chi connectivity index (χ0) is 12.4. The highest BCUT2D eigenvalue weighted by molar-refractivity contribution is 5.28. The predicted octanol–water partition coefficient (Wildman–Crippen LogP) is 3.55. The second-order valence-electron chi connectivity index (χ2n) is 6.45. The van der Waals surface area contributed by atoms with E-state index in [0.29, 0.717) is 0 Å². The summed E-state index contributed by atoms with van der Waals surface area (Å²) in [5, 5.41) is 9.24. The van der Waals surface area contributed by atoms with Gasteiger partial charge in [-0.3, -0.25) is 0 Å². The van der Waals surface area contributed by atoms with E-state index in [0.717, 1.165) is 6.42 Å². The molecule has 0 saturated heterocycles. The van der Waals surface area contributed by atoms with Gasteiger partial charge in [0, 0.05) is 6.61 Å². The smallest absolute Gasteiger partial charge is 0.0485 e. The molecule has 1 nitrogen and oxygen atoms in total. The molecule has 1 heteroatoms. The SMILES string of the molecule is CC(C)(CO)Cc1ccc(C(C)(C)C)cc1. The van der Waals surface area contributed by atoms with Crippen LogP contribution in [-0.2, 0) is 11.8 Å². The summed E-state index contributed by atoms with van der Waals surface area (Å²) < 4.78 is 0. The zero-order valence-electron chi connectivity index (χ0n) is 11.2. The summed E-state index contributed by atoms with van der Waals surface area (Å²) in [7, 11) is 0. The molecule has 0 atom stereocenters. The van der Waals surface area contributed by atoms with E-state index in [-0.39, 0.29) is 17.4 Å². The molecule has 0 heterocycles. The van der Waals surface area contributed by atoms with Gasteiger partial charge >= 0.3 is 0 Å². The molecule has 0 saturated carbocycles. The first-order valence-corrected chi connectivity index (χ1v) is 5.95. The minimum Gasteiger partial charge on any atom is -0.396 e. The van der Waals surface area contributed by atoms with Crippen molar-refractivity contribution in [3.8, 4) is 0 Å². The quantitative estimate of drug-likeness (QED) is 0.826. The highest BCUT2D eigenvalue weighted by Gasteiger charge is 2.18. The van der Waals surface area contributed by atoms with Crippen molar-refractivity contribution < 1.29 is 5.11 Å². The third kappa shape index (κ3) is 3.64. The normalized spacial score (nSPS) is 12.9. The third-order valence-corrected chi connectivity index (χ3v) is 2.93. The van der Waals surface area contributed by atoms with Gasteiger partial charge in [-0.15, -0.1) is 0 Å². The van der Waals surface area contributed by atoms with Crippen LogP contribution in [0.15, 0.2) is 24.3 Å². The average Bonchev–Trinajstić information content (AvgIpc) is 2.16. The van der Waals surface area contributed by atoms with Crippen molar-refractivity contribution in [3.63, 3.8) is 0 Å². The Morgan fingerprint density at radius 2 is 1.44 bits per heavy atom. The highest BCUT2D eigenvalue weighted by atomic mass is 16.3. The molecule has 0 aromatic heterocycles. The lowest BCUT2D eigenvalue weighted by atomic mass is 9.83. The van der Waals surface area contributed by atoms with Crippen LogP contribution in [0.5, 0.6) is 0 Å². The third-order valence-electron chi connectivity index (χ3n) is 2.93. The van der Waals surface area contributed by atoms with Crippen LogP contribution in [0.2, 0.25) is 0 Å². The number of hydrogen-bond acceptors (Lipinski definition) is 1. The Balaban J connectivity index is 2.80. The lowest BCUT2D eigenvalue weighted by Gasteiger charge is -2.23. The second kappa shape index (κ2) is 4.58. The molecule has 90 valence electrons. The maximum atomic E-state index is 9.24. The van der Waals surface area contributed by atoms with Gasteiger partial charge in [0.25, 0.3) is 0 Å². The summed E-state index contributed by atoms with van der Waals surface area (Å²) >= 11 is 0. The Bertz CT molecular complexity index is 327. The number of hydrogen-bond donors (Lipinski definition) is 1. The molecule has 1 aromatic carbocycles. The molecular weight excluding hydrogens is 196 g/mol. The van der Waals surface area contributed by atoms with Gasteiger partial charge in [0.1, 0.15) is 0 Å². The van der Waals surface area contributed by atoms with Gasteiger partial charge < -0.3 is 5.11 Å². The largest absolute Gasteiger partial charge is 0.396 e. The van der Waals surface area contributed by atoms with Gasteiger partial charge in [0.05, 0.1) is 0 Å². The lowest BCUT2D eigenvalue weighted by molar-refractivity contribution is 0.159. The maximum absolute atomic E-state index is 9.24. The molecule has 0 amide bonds. The first-order chi connectivity index (χ1) is 7.24. The first-order valence-electron chi connectivity index (χ1n) is 5.95. The van der Waals surface area contributed by atoms with Crippen LogP contribution < -0.4 is 0 Å². The number of rotatable bonds is 3. The molecule has 16 heavy (non-hydrogen) atoms. The Hall–Kier alpha value is -0.820. The van der Waals surface area contributed by atoms with E-state index in [2.05, 4.69) is 58.9 Å². The van der Waals surface area contributed by atoms with Crippen LogP contribution in [0.25, 0.3) is 0 Å². The summed E-state index contributed by atoms with van der Waals surface area (Å²) in [6.07, 6.45) is 0.925. The minimum absolute atomic E-state index is 0.0246. The fourth-order valence-electron chi connectivity index (χ4n) is 1.73. The van der Waals surface area contributed by atoms with Crippen molar-refractivity contribution in [3.05, 3.63) is 35.4 Å². The van der Waals surface area contributed by atoms with Crippen molar-refractivity contribution >= 4 is 0 Å². The van der Waals surface area contributed by atoms with Gasteiger partial charge in [0.2, 0.25) is 0 Å². The summed E-state index contributed by atoms with van der Waals surface area (Å²) in [5.41, 5.74) is 2.85. The van der Waals surface area contributed by atoms with Crippen molar-refractivity contribution in [2.75, 3.05) is 6.61 Å². The van der Waals surface area contributed by atoms with Crippen molar-refractivity contribution in [1.82, 2.24) is 0 Å². The molecule has 0 fully saturated rings. The van der Waals surface area contributed by atoms with Crippen LogP contribution in [0.3, 0.4) is 0 Å². The molecule has 0 radical (unpaired) electrons. The van der Waals surface area contributed by atoms with E-state index < -0.39 is 0 Å². The lowest BCUT2D eigenvalue weighted by Crippen LogP contribution is -2.20. The van der Waals surface area contributed by atoms with Crippen LogP contribution in [0.4, 0.5) is 0 Å². The van der Waals surface area contributed by atoms with E-state index in [4.69, 9.17) is 0 Å².